The van der Waals surface area contributed by atoms with Gasteiger partial charge in [-0.2, -0.15) is 0 Å². The number of carbonyl (C=O) groups excluding carboxylic acids is 5. The number of hydrogen-bond donors (Lipinski definition) is 1. The number of nitrogens with one attached hydrogen (secondary N) is 1. The Morgan fingerprint density at radius 2 is 1.57 bits per heavy atom. The van der Waals surface area contributed by atoms with Crippen molar-refractivity contribution in [3.05, 3.63) is 0 Å². The second kappa shape index (κ2) is 10.6. The molecule has 2 aliphatic rings. The van der Waals surface area contributed by atoms with Gasteiger partial charge in [-0.1, -0.05) is 0 Å². The van der Waals surface area contributed by atoms with E-state index in [1.54, 1.807) is 0 Å². The van der Waals surface area contributed by atoms with Gasteiger partial charge in [0.1, 0.15) is 25.4 Å². The molecule has 2 aliphatic heterocycles. The van der Waals surface area contributed by atoms with E-state index in [1.165, 1.54) is 7.05 Å². The minimum absolute atomic E-state index is 0.0442. The third kappa shape index (κ3) is 7.88. The molecule has 12 nitrogen and oxygen atoms in total. The lowest BCUT2D eigenvalue weighted by Crippen LogP contribution is -2.48. The monoisotopic (exact) mass is 401 g/mol. The summed E-state index contributed by atoms with van der Waals surface area (Å²) in [5.74, 6) is -1.09. The maximum absolute atomic E-state index is 12.2. The molecule has 5 amide bonds. The summed E-state index contributed by atoms with van der Waals surface area (Å²) >= 11 is 0. The van der Waals surface area contributed by atoms with Gasteiger partial charge in [0.2, 0.25) is 6.41 Å². The fraction of sp³-hybridized carbons (Fsp3) is 0.688. The fourth-order valence-corrected chi connectivity index (χ4v) is 1.92. The van der Waals surface area contributed by atoms with Crippen LogP contribution < -0.4 is 5.32 Å². The quantitative estimate of drug-likeness (QED) is 0.258. The molecule has 156 valence electrons. The lowest BCUT2D eigenvalue weighted by atomic mass is 10.4. The summed E-state index contributed by atoms with van der Waals surface area (Å²) in [4.78, 5) is 59.6. The van der Waals surface area contributed by atoms with Crippen LogP contribution in [-0.2, 0) is 33.3 Å². The molecule has 0 spiro atoms. The standard InChI is InChI=1S/C16H23N3O9/c1-18(15(23)17-4-2-13(21)27-8-11-6-25-11)16(24)19(10-20)5-3-14(22)28-9-12-7-26-12/h10-12H,2-9H2,1H3,(H,17,23). The highest BCUT2D eigenvalue weighted by Gasteiger charge is 2.26. The van der Waals surface area contributed by atoms with Crippen molar-refractivity contribution in [1.29, 1.82) is 0 Å². The van der Waals surface area contributed by atoms with Crippen LogP contribution in [0.25, 0.3) is 0 Å². The Hall–Kier alpha value is -2.73. The Morgan fingerprint density at radius 1 is 1.04 bits per heavy atom. The van der Waals surface area contributed by atoms with Crippen LogP contribution in [0.2, 0.25) is 0 Å². The van der Waals surface area contributed by atoms with Gasteiger partial charge in [0.05, 0.1) is 26.1 Å². The molecule has 2 heterocycles. The smallest absolute Gasteiger partial charge is 0.334 e. The van der Waals surface area contributed by atoms with Gasteiger partial charge < -0.3 is 24.3 Å². The summed E-state index contributed by atoms with van der Waals surface area (Å²) < 4.78 is 19.6. The van der Waals surface area contributed by atoms with E-state index in [0.717, 1.165) is 0 Å². The molecular weight excluding hydrogens is 378 g/mol. The number of ether oxygens (including phenoxy) is 4. The molecule has 1 N–H and O–H groups in total. The van der Waals surface area contributed by atoms with E-state index in [9.17, 15) is 24.0 Å². The average molecular weight is 401 g/mol. The van der Waals surface area contributed by atoms with E-state index in [-0.39, 0.29) is 57.8 Å². The lowest BCUT2D eigenvalue weighted by Gasteiger charge is -2.22. The molecule has 12 heteroatoms. The van der Waals surface area contributed by atoms with Crippen LogP contribution in [0, 0.1) is 0 Å². The van der Waals surface area contributed by atoms with Gasteiger partial charge in [-0.3, -0.25) is 19.3 Å². The van der Waals surface area contributed by atoms with Crippen molar-refractivity contribution in [2.24, 2.45) is 0 Å². The van der Waals surface area contributed by atoms with Gasteiger partial charge in [0.15, 0.2) is 0 Å². The van der Waals surface area contributed by atoms with E-state index in [0.29, 0.717) is 23.0 Å². The predicted molar refractivity (Wildman–Crippen MR) is 90.0 cm³/mol. The highest BCUT2D eigenvalue weighted by molar-refractivity contribution is 5.97. The van der Waals surface area contributed by atoms with Crippen molar-refractivity contribution in [1.82, 2.24) is 15.1 Å². The van der Waals surface area contributed by atoms with Gasteiger partial charge >= 0.3 is 24.0 Å². The number of imide groups is 2. The van der Waals surface area contributed by atoms with Crippen LogP contribution in [0.3, 0.4) is 0 Å². The van der Waals surface area contributed by atoms with Gasteiger partial charge in [-0.05, 0) is 0 Å². The van der Waals surface area contributed by atoms with E-state index in [2.05, 4.69) is 5.32 Å². The summed E-state index contributed by atoms with van der Waals surface area (Å²) in [7, 11) is 1.17. The van der Waals surface area contributed by atoms with Crippen LogP contribution in [0.5, 0.6) is 0 Å². The summed E-state index contributed by atoms with van der Waals surface area (Å²) in [6, 6.07) is -1.72. The Bertz CT molecular complexity index is 604. The molecule has 2 fully saturated rings. The van der Waals surface area contributed by atoms with Crippen molar-refractivity contribution in [2.75, 3.05) is 46.6 Å². The highest BCUT2D eigenvalue weighted by Crippen LogP contribution is 2.09. The van der Waals surface area contributed by atoms with Crippen LogP contribution >= 0.6 is 0 Å². The lowest BCUT2D eigenvalue weighted by molar-refractivity contribution is -0.145. The van der Waals surface area contributed by atoms with Crippen LogP contribution in [0.4, 0.5) is 9.59 Å². The Kier molecular flexibility index (Phi) is 8.14. The van der Waals surface area contributed by atoms with Crippen LogP contribution in [0.15, 0.2) is 0 Å². The first kappa shape index (κ1) is 21.6. The van der Waals surface area contributed by atoms with Gasteiger partial charge in [-0.25, -0.2) is 14.5 Å². The molecule has 0 bridgehead atoms. The Labute approximate surface area is 161 Å². The molecule has 0 radical (unpaired) electrons. The number of nitrogens with zero attached hydrogens (tertiary/aromatic N) is 2. The first-order valence-electron chi connectivity index (χ1n) is 8.72. The van der Waals surface area contributed by atoms with E-state index < -0.39 is 24.0 Å². The molecule has 0 saturated carbocycles. The maximum Gasteiger partial charge on any atom is 0.334 e. The Morgan fingerprint density at radius 3 is 2.07 bits per heavy atom. The number of hydrogen-bond acceptors (Lipinski definition) is 9. The van der Waals surface area contributed by atoms with Gasteiger partial charge in [0, 0.05) is 20.1 Å². The summed E-state index contributed by atoms with van der Waals surface area (Å²) in [6.45, 7) is 1.13. The zero-order valence-corrected chi connectivity index (χ0v) is 15.5. The van der Waals surface area contributed by atoms with Crippen molar-refractivity contribution in [3.63, 3.8) is 0 Å². The zero-order chi connectivity index (χ0) is 20.5. The third-order valence-electron chi connectivity index (χ3n) is 3.79. The van der Waals surface area contributed by atoms with Gasteiger partial charge in [-0.15, -0.1) is 0 Å². The van der Waals surface area contributed by atoms with Crippen LogP contribution in [0.1, 0.15) is 12.8 Å². The number of esters is 2. The first-order chi connectivity index (χ1) is 13.4. The van der Waals surface area contributed by atoms with Crippen molar-refractivity contribution in [3.8, 4) is 0 Å². The molecule has 2 saturated heterocycles. The molecule has 2 unspecified atom stereocenters. The number of urea groups is 2. The van der Waals surface area contributed by atoms with E-state index >= 15 is 0 Å². The second-order valence-corrected chi connectivity index (χ2v) is 6.15. The molecule has 0 aromatic heterocycles. The molecular formula is C16H23N3O9. The molecule has 2 rings (SSSR count). The summed E-state index contributed by atoms with van der Waals surface area (Å²) in [5, 5.41) is 2.37. The van der Waals surface area contributed by atoms with Crippen LogP contribution in [-0.4, -0.2) is 99.0 Å². The topological polar surface area (TPSA) is 147 Å². The predicted octanol–water partition coefficient (Wildman–Crippen LogP) is -1.13. The SMILES string of the molecule is CN(C(=O)NCCC(=O)OCC1CO1)C(=O)N(C=O)CCC(=O)OCC1CO1. The first-order valence-corrected chi connectivity index (χ1v) is 8.72. The zero-order valence-electron chi connectivity index (χ0n) is 15.5. The molecule has 0 aromatic rings. The van der Waals surface area contributed by atoms with E-state index in [4.69, 9.17) is 18.9 Å². The average Bonchev–Trinajstić information content (AvgIpc) is 3.58. The highest BCUT2D eigenvalue weighted by atomic mass is 16.6. The van der Waals surface area contributed by atoms with E-state index in [1.807, 2.05) is 0 Å². The third-order valence-corrected chi connectivity index (χ3v) is 3.79. The van der Waals surface area contributed by atoms with Crippen molar-refractivity contribution in [2.45, 2.75) is 25.0 Å². The fourth-order valence-electron chi connectivity index (χ4n) is 1.92. The maximum atomic E-state index is 12.2. The Balaban J connectivity index is 1.63. The number of amides is 5. The number of epoxide rings is 2. The molecule has 0 aromatic carbocycles. The van der Waals surface area contributed by atoms with Gasteiger partial charge in [0.25, 0.3) is 0 Å². The van der Waals surface area contributed by atoms with Crippen molar-refractivity contribution < 1.29 is 42.9 Å². The molecule has 0 aliphatic carbocycles. The summed E-state index contributed by atoms with van der Waals surface area (Å²) in [6.07, 6.45) is -0.184. The largest absolute Gasteiger partial charge is 0.463 e. The minimum atomic E-state index is -0.917. The molecule has 2 atom stereocenters. The normalized spacial score (nSPS) is 19.2. The number of carbonyl (C=O) groups is 5. The second-order valence-electron chi connectivity index (χ2n) is 6.15. The minimum Gasteiger partial charge on any atom is -0.463 e. The summed E-state index contributed by atoms with van der Waals surface area (Å²) in [5.41, 5.74) is 0. The number of rotatable bonds is 11. The molecule has 28 heavy (non-hydrogen) atoms. The van der Waals surface area contributed by atoms with Crippen molar-refractivity contribution >= 4 is 30.4 Å².